The molecule has 2 aliphatic heterocycles. The molecule has 11 atom stereocenters. The van der Waals surface area contributed by atoms with Crippen molar-refractivity contribution in [2.75, 3.05) is 20.3 Å². The molecule has 2 fully saturated rings. The van der Waals surface area contributed by atoms with Crippen LogP contribution in [0.25, 0.3) is 0 Å². The Hall–Kier alpha value is -1.50. The predicted molar refractivity (Wildman–Crippen MR) is 90.5 cm³/mol. The maximum atomic E-state index is 11.8. The fraction of sp³-hybridized carbons (Fsp3) is 0.882. The lowest BCUT2D eigenvalue weighted by molar-refractivity contribution is -0.395. The molecule has 2 heterocycles. The zero-order valence-corrected chi connectivity index (χ0v) is 16.7. The van der Waals surface area contributed by atoms with Gasteiger partial charge in [-0.15, -0.1) is 0 Å². The number of carbonyl (C=O) groups excluding carboxylic acids is 2. The van der Waals surface area contributed by atoms with Gasteiger partial charge in [-0.1, -0.05) is 0 Å². The van der Waals surface area contributed by atoms with E-state index in [1.807, 2.05) is 0 Å². The Labute approximate surface area is 182 Å². The highest BCUT2D eigenvalue weighted by Crippen LogP contribution is 2.34. The minimum atomic E-state index is -3.04. The van der Waals surface area contributed by atoms with E-state index in [2.05, 4.69) is 0 Å². The number of aliphatic hydroxyl groups is 7. The largest absolute Gasteiger partial charge is 0.544 e. The summed E-state index contributed by atoms with van der Waals surface area (Å²) in [5.41, 5.74) is 0. The first-order valence-corrected chi connectivity index (χ1v) is 9.38. The highest BCUT2D eigenvalue weighted by atomic mass is 16.7. The quantitative estimate of drug-likeness (QED) is 0.165. The fourth-order valence-electron chi connectivity index (χ4n) is 3.45. The van der Waals surface area contributed by atoms with Crippen LogP contribution in [0.5, 0.6) is 0 Å². The number of carboxylic acid groups (broad SMARTS) is 2. The topological polar surface area (TPSA) is 259 Å². The molecule has 2 rings (SSSR count). The van der Waals surface area contributed by atoms with Crippen LogP contribution in [0, 0.1) is 0 Å². The second-order valence-corrected chi connectivity index (χ2v) is 7.47. The molecule has 186 valence electrons. The van der Waals surface area contributed by atoms with Gasteiger partial charge >= 0.3 is 0 Å². The van der Waals surface area contributed by atoms with Gasteiger partial charge in [-0.25, -0.2) is 0 Å². The SMILES string of the molecule is [2H]C(O[C@]1(C(=O)[O-])C[C@@H](O)[C@@H](O)[C@@H]([C@H](O)CO)O1)[C@@H](O)[C@H]1O[C@@](OC)(C(=O)[O-])C[C@@H](O)[C@H]1O. The van der Waals surface area contributed by atoms with Gasteiger partial charge in [0.15, 0.2) is 0 Å². The van der Waals surface area contributed by atoms with Crippen molar-refractivity contribution in [3.8, 4) is 0 Å². The van der Waals surface area contributed by atoms with Crippen molar-refractivity contribution in [2.45, 2.75) is 73.2 Å². The Morgan fingerprint density at radius 1 is 1.00 bits per heavy atom. The van der Waals surface area contributed by atoms with Crippen molar-refractivity contribution in [3.63, 3.8) is 0 Å². The number of methoxy groups -OCH3 is 1. The molecule has 1 unspecified atom stereocenters. The Balaban J connectivity index is 2.30. The summed E-state index contributed by atoms with van der Waals surface area (Å²) in [6, 6.07) is 0. The van der Waals surface area contributed by atoms with E-state index >= 15 is 0 Å². The van der Waals surface area contributed by atoms with Crippen molar-refractivity contribution >= 4 is 11.9 Å². The first kappa shape index (κ1) is 25.1. The first-order valence-electron chi connectivity index (χ1n) is 9.96. The Morgan fingerprint density at radius 3 is 1.88 bits per heavy atom. The molecule has 15 nitrogen and oxygen atoms in total. The van der Waals surface area contributed by atoms with Gasteiger partial charge in [-0.3, -0.25) is 0 Å². The van der Waals surface area contributed by atoms with E-state index in [-0.39, 0.29) is 0 Å². The number of hydrogen-bond acceptors (Lipinski definition) is 15. The summed E-state index contributed by atoms with van der Waals surface area (Å²) in [5.74, 6) is -9.85. The number of hydrogen-bond donors (Lipinski definition) is 7. The monoisotopic (exact) mass is 471 g/mol. The summed E-state index contributed by atoms with van der Waals surface area (Å²) in [5, 5.41) is 92.6. The van der Waals surface area contributed by atoms with Crippen molar-refractivity contribution in [1.29, 1.82) is 0 Å². The van der Waals surface area contributed by atoms with E-state index in [1.165, 1.54) is 0 Å². The standard InChI is InChI=1S/C17H28O15/c1-29-16(14(25)26)2-6(19)11(24)13(31-16)9(22)5-30-17(15(27)28)3-7(20)10(23)12(32-17)8(21)4-18/h6-13,18-24H,2-5H2,1H3,(H,25,26)(H,27,28)/p-2/t6-,7-,8-,9-,10-,11-,12-,13-,16-,17-/m1/s1/i5D/t5?,6-,7-,8-,9-,10-,11-,12-,13-,16-,17-. The predicted octanol–water partition coefficient (Wildman–Crippen LogP) is -7.72. The van der Waals surface area contributed by atoms with Crippen LogP contribution in [0.4, 0.5) is 0 Å². The van der Waals surface area contributed by atoms with Gasteiger partial charge in [0.05, 0.1) is 26.8 Å². The summed E-state index contributed by atoms with van der Waals surface area (Å²) >= 11 is 0. The van der Waals surface area contributed by atoms with E-state index in [4.69, 9.17) is 25.4 Å². The number of carbonyl (C=O) groups is 2. The molecule has 15 heteroatoms. The Bertz CT molecular complexity index is 710. The number of ether oxygens (including phenoxy) is 4. The van der Waals surface area contributed by atoms with Gasteiger partial charge in [0.25, 0.3) is 0 Å². The minimum Gasteiger partial charge on any atom is -0.544 e. The minimum absolute atomic E-state index is 0.809. The average Bonchev–Trinajstić information content (AvgIpc) is 2.76. The second-order valence-electron chi connectivity index (χ2n) is 7.47. The second kappa shape index (κ2) is 10.2. The summed E-state index contributed by atoms with van der Waals surface area (Å²) < 4.78 is 27.7. The van der Waals surface area contributed by atoms with Crippen molar-refractivity contribution in [1.82, 2.24) is 0 Å². The molecule has 0 aromatic heterocycles. The zero-order chi connectivity index (χ0) is 25.3. The summed E-state index contributed by atoms with van der Waals surface area (Å²) in [6.07, 6.45) is -17.7. The Morgan fingerprint density at radius 2 is 1.44 bits per heavy atom. The summed E-state index contributed by atoms with van der Waals surface area (Å²) in [7, 11) is 0.874. The molecule has 7 N–H and O–H groups in total. The third-order valence-electron chi connectivity index (χ3n) is 5.32. The molecule has 0 aromatic rings. The van der Waals surface area contributed by atoms with Gasteiger partial charge < -0.3 is 74.5 Å². The van der Waals surface area contributed by atoms with E-state index < -0.39 is 98.4 Å². The maximum Gasteiger partial charge on any atom is 0.212 e. The lowest BCUT2D eigenvalue weighted by Crippen LogP contribution is -2.67. The average molecular weight is 471 g/mol. The summed E-state index contributed by atoms with van der Waals surface area (Å²) in [4.78, 5) is 23.2. The van der Waals surface area contributed by atoms with Gasteiger partial charge in [0.2, 0.25) is 11.6 Å². The number of rotatable bonds is 9. The molecular formula is C17H26O15-2. The number of aliphatic carboxylic acids is 2. The van der Waals surface area contributed by atoms with Crippen LogP contribution < -0.4 is 10.2 Å². The molecule has 0 bridgehead atoms. The molecule has 0 radical (unpaired) electrons. The molecule has 32 heavy (non-hydrogen) atoms. The third-order valence-corrected chi connectivity index (χ3v) is 5.32. The number of carboxylic acids is 2. The molecular weight excluding hydrogens is 444 g/mol. The van der Waals surface area contributed by atoms with Crippen molar-refractivity contribution < 1.29 is 75.9 Å². The van der Waals surface area contributed by atoms with Crippen LogP contribution in [0.3, 0.4) is 0 Å². The molecule has 0 aliphatic carbocycles. The molecule has 0 aromatic carbocycles. The molecule has 0 spiro atoms. The van der Waals surface area contributed by atoms with Crippen LogP contribution in [-0.2, 0) is 28.5 Å². The molecule has 0 saturated carbocycles. The highest BCUT2D eigenvalue weighted by Gasteiger charge is 2.53. The van der Waals surface area contributed by atoms with Crippen molar-refractivity contribution in [2.24, 2.45) is 0 Å². The van der Waals surface area contributed by atoms with E-state index in [0.29, 0.717) is 0 Å². The molecule has 0 amide bonds. The molecule has 2 aliphatic rings. The normalized spacial score (nSPS) is 43.7. The summed E-state index contributed by atoms with van der Waals surface area (Å²) in [6.45, 7) is -3.44. The fourth-order valence-corrected chi connectivity index (χ4v) is 3.45. The Kier molecular flexibility index (Phi) is 8.00. The van der Waals surface area contributed by atoms with Crippen LogP contribution in [0.1, 0.15) is 14.2 Å². The van der Waals surface area contributed by atoms with Gasteiger partial charge in [-0.05, 0) is 0 Å². The van der Waals surface area contributed by atoms with Gasteiger partial charge in [-0.2, -0.15) is 0 Å². The van der Waals surface area contributed by atoms with Crippen LogP contribution in [0.2, 0.25) is 0 Å². The lowest BCUT2D eigenvalue weighted by atomic mass is 9.91. The zero-order valence-electron chi connectivity index (χ0n) is 17.7. The van der Waals surface area contributed by atoms with Crippen molar-refractivity contribution in [3.05, 3.63) is 0 Å². The first-order chi connectivity index (χ1) is 15.2. The number of aliphatic hydroxyl groups excluding tert-OH is 7. The van der Waals surface area contributed by atoms with E-state index in [0.717, 1.165) is 7.11 Å². The van der Waals surface area contributed by atoms with E-state index in [9.17, 15) is 50.4 Å². The van der Waals surface area contributed by atoms with Crippen LogP contribution in [-0.4, -0.2) is 128 Å². The van der Waals surface area contributed by atoms with Crippen LogP contribution >= 0.6 is 0 Å². The molecule has 2 saturated heterocycles. The van der Waals surface area contributed by atoms with Crippen LogP contribution in [0.15, 0.2) is 0 Å². The maximum absolute atomic E-state index is 11.8. The van der Waals surface area contributed by atoms with Gasteiger partial charge in [0, 0.05) is 20.0 Å². The highest BCUT2D eigenvalue weighted by molar-refractivity contribution is 5.74. The third kappa shape index (κ3) is 5.02. The smallest absolute Gasteiger partial charge is 0.212 e. The van der Waals surface area contributed by atoms with Gasteiger partial charge in [0.1, 0.15) is 48.6 Å². The lowest BCUT2D eigenvalue weighted by Gasteiger charge is -2.48. The van der Waals surface area contributed by atoms with E-state index in [1.54, 1.807) is 0 Å².